The molecule has 3 nitrogen and oxygen atoms in total. The molecule has 130 valence electrons. The summed E-state index contributed by atoms with van der Waals surface area (Å²) < 4.78 is 12.0. The van der Waals surface area contributed by atoms with Crippen LogP contribution < -0.4 is 14.8 Å². The maximum atomic E-state index is 6.13. The topological polar surface area (TPSA) is 30.5 Å². The molecule has 2 aromatic rings. The normalized spacial score (nSPS) is 12.1. The van der Waals surface area contributed by atoms with E-state index in [4.69, 9.17) is 9.47 Å². The van der Waals surface area contributed by atoms with Gasteiger partial charge in [0.05, 0.1) is 18.8 Å². The molecule has 0 amide bonds. The van der Waals surface area contributed by atoms with Crippen LogP contribution in [0.3, 0.4) is 0 Å². The minimum Gasteiger partial charge on any atom is -0.491 e. The van der Waals surface area contributed by atoms with Crippen LogP contribution in [0.5, 0.6) is 11.5 Å². The number of ether oxygens (including phenoxy) is 2. The Morgan fingerprint density at radius 2 is 1.58 bits per heavy atom. The first-order valence-electron chi connectivity index (χ1n) is 8.66. The first-order chi connectivity index (χ1) is 11.5. The molecule has 0 aromatic heterocycles. The van der Waals surface area contributed by atoms with Gasteiger partial charge in [0.25, 0.3) is 0 Å². The van der Waals surface area contributed by atoms with Crippen molar-refractivity contribution in [1.29, 1.82) is 0 Å². The Morgan fingerprint density at radius 3 is 2.25 bits per heavy atom. The lowest BCUT2D eigenvalue weighted by Crippen LogP contribution is -2.23. The van der Waals surface area contributed by atoms with Crippen LogP contribution in [-0.4, -0.2) is 19.3 Å². The second-order valence-electron chi connectivity index (χ2n) is 6.73. The molecule has 24 heavy (non-hydrogen) atoms. The predicted octanol–water partition coefficient (Wildman–Crippen LogP) is 5.22. The molecule has 0 spiro atoms. The van der Waals surface area contributed by atoms with Crippen molar-refractivity contribution in [3.05, 3.63) is 53.6 Å². The molecule has 1 N–H and O–H groups in total. The maximum absolute atomic E-state index is 6.13. The monoisotopic (exact) mass is 327 g/mol. The van der Waals surface area contributed by atoms with E-state index >= 15 is 0 Å². The number of rotatable bonds is 8. The average Bonchev–Trinajstić information content (AvgIpc) is 2.55. The number of benzene rings is 2. The van der Waals surface area contributed by atoms with E-state index in [0.29, 0.717) is 12.5 Å². The summed E-state index contributed by atoms with van der Waals surface area (Å²) in [6.07, 6.45) is 0.0583. The maximum Gasteiger partial charge on any atom is 0.142 e. The van der Waals surface area contributed by atoms with E-state index in [1.807, 2.05) is 24.3 Å². The molecule has 3 heteroatoms. The standard InChI is InChI=1S/C21H29NO2/c1-15(2)14-23-20-12-7-6-11-19(20)22-13-18(5)24-21-16(3)9-8-10-17(21)4/h6-12,15,18,22H,13-14H2,1-5H3. The molecule has 0 aliphatic rings. The van der Waals surface area contributed by atoms with Crippen molar-refractivity contribution < 1.29 is 9.47 Å². The fraction of sp³-hybridized carbons (Fsp3) is 0.429. The molecule has 1 unspecified atom stereocenters. The zero-order valence-corrected chi connectivity index (χ0v) is 15.4. The Labute approximate surface area is 146 Å². The fourth-order valence-corrected chi connectivity index (χ4v) is 2.48. The summed E-state index contributed by atoms with van der Waals surface area (Å²) in [4.78, 5) is 0. The summed E-state index contributed by atoms with van der Waals surface area (Å²) in [6, 6.07) is 14.3. The lowest BCUT2D eigenvalue weighted by Gasteiger charge is -2.20. The molecular formula is C21H29NO2. The van der Waals surface area contributed by atoms with Crippen molar-refractivity contribution >= 4 is 5.69 Å². The Hall–Kier alpha value is -2.16. The number of aryl methyl sites for hydroxylation is 2. The van der Waals surface area contributed by atoms with Gasteiger partial charge in [0.1, 0.15) is 17.6 Å². The average molecular weight is 327 g/mol. The van der Waals surface area contributed by atoms with Gasteiger partial charge < -0.3 is 14.8 Å². The highest BCUT2D eigenvalue weighted by molar-refractivity contribution is 5.56. The highest BCUT2D eigenvalue weighted by Gasteiger charge is 2.10. The van der Waals surface area contributed by atoms with Gasteiger partial charge in [-0.05, 0) is 49.9 Å². The van der Waals surface area contributed by atoms with Gasteiger partial charge in [0.2, 0.25) is 0 Å². The number of para-hydroxylation sites is 3. The van der Waals surface area contributed by atoms with Gasteiger partial charge in [-0.2, -0.15) is 0 Å². The molecule has 0 aliphatic carbocycles. The molecule has 0 heterocycles. The van der Waals surface area contributed by atoms with Crippen molar-refractivity contribution in [2.75, 3.05) is 18.5 Å². The number of hydrogen-bond donors (Lipinski definition) is 1. The van der Waals surface area contributed by atoms with Crippen LogP contribution in [0.15, 0.2) is 42.5 Å². The molecule has 2 aromatic carbocycles. The van der Waals surface area contributed by atoms with Crippen LogP contribution in [0.2, 0.25) is 0 Å². The van der Waals surface area contributed by atoms with E-state index in [9.17, 15) is 0 Å². The highest BCUT2D eigenvalue weighted by Crippen LogP contribution is 2.26. The first kappa shape index (κ1) is 18.2. The van der Waals surface area contributed by atoms with Crippen molar-refractivity contribution in [3.63, 3.8) is 0 Å². The minimum atomic E-state index is 0.0583. The Kier molecular flexibility index (Phi) is 6.53. The smallest absolute Gasteiger partial charge is 0.142 e. The third-order valence-corrected chi connectivity index (χ3v) is 3.77. The summed E-state index contributed by atoms with van der Waals surface area (Å²) >= 11 is 0. The molecule has 1 atom stereocenters. The van der Waals surface area contributed by atoms with Gasteiger partial charge in [0.15, 0.2) is 0 Å². The largest absolute Gasteiger partial charge is 0.491 e. The second kappa shape index (κ2) is 8.62. The van der Waals surface area contributed by atoms with Crippen molar-refractivity contribution in [3.8, 4) is 11.5 Å². The van der Waals surface area contributed by atoms with E-state index in [-0.39, 0.29) is 6.10 Å². The summed E-state index contributed by atoms with van der Waals surface area (Å²) in [5.74, 6) is 2.38. The van der Waals surface area contributed by atoms with Gasteiger partial charge in [0, 0.05) is 0 Å². The van der Waals surface area contributed by atoms with Gasteiger partial charge in [-0.15, -0.1) is 0 Å². The van der Waals surface area contributed by atoms with E-state index in [1.54, 1.807) is 0 Å². The summed E-state index contributed by atoms with van der Waals surface area (Å²) in [7, 11) is 0. The minimum absolute atomic E-state index is 0.0583. The Bertz CT molecular complexity index is 632. The molecule has 0 saturated carbocycles. The zero-order chi connectivity index (χ0) is 17.5. The molecule has 0 fully saturated rings. The summed E-state index contributed by atoms with van der Waals surface area (Å²) in [6.45, 7) is 12.0. The summed E-state index contributed by atoms with van der Waals surface area (Å²) in [5, 5.41) is 3.45. The number of nitrogens with one attached hydrogen (secondary N) is 1. The molecule has 2 rings (SSSR count). The van der Waals surface area contributed by atoms with Crippen LogP contribution >= 0.6 is 0 Å². The molecule has 0 saturated heterocycles. The molecule has 0 radical (unpaired) electrons. The SMILES string of the molecule is Cc1cccc(C)c1OC(C)CNc1ccccc1OCC(C)C. The van der Waals surface area contributed by atoms with Gasteiger partial charge >= 0.3 is 0 Å². The first-order valence-corrected chi connectivity index (χ1v) is 8.66. The summed E-state index contributed by atoms with van der Waals surface area (Å²) in [5.41, 5.74) is 3.35. The number of anilines is 1. The fourth-order valence-electron chi connectivity index (χ4n) is 2.48. The van der Waals surface area contributed by atoms with E-state index < -0.39 is 0 Å². The Balaban J connectivity index is 1.95. The van der Waals surface area contributed by atoms with Crippen LogP contribution in [-0.2, 0) is 0 Å². The van der Waals surface area contributed by atoms with Crippen LogP contribution in [0.1, 0.15) is 31.9 Å². The molecule has 0 bridgehead atoms. The molecular weight excluding hydrogens is 298 g/mol. The van der Waals surface area contributed by atoms with Crippen molar-refractivity contribution in [2.24, 2.45) is 5.92 Å². The number of hydrogen-bond acceptors (Lipinski definition) is 3. The zero-order valence-electron chi connectivity index (χ0n) is 15.4. The van der Waals surface area contributed by atoms with Crippen LogP contribution in [0.4, 0.5) is 5.69 Å². The van der Waals surface area contributed by atoms with Gasteiger partial charge in [-0.25, -0.2) is 0 Å². The van der Waals surface area contributed by atoms with E-state index in [0.717, 1.165) is 23.7 Å². The highest BCUT2D eigenvalue weighted by atomic mass is 16.5. The van der Waals surface area contributed by atoms with Crippen LogP contribution in [0.25, 0.3) is 0 Å². The van der Waals surface area contributed by atoms with Crippen molar-refractivity contribution in [1.82, 2.24) is 0 Å². The Morgan fingerprint density at radius 1 is 0.917 bits per heavy atom. The van der Waals surface area contributed by atoms with E-state index in [2.05, 4.69) is 58.1 Å². The van der Waals surface area contributed by atoms with Gasteiger partial charge in [-0.3, -0.25) is 0 Å². The third kappa shape index (κ3) is 5.19. The quantitative estimate of drug-likeness (QED) is 0.721. The lowest BCUT2D eigenvalue weighted by atomic mass is 10.1. The molecule has 0 aliphatic heterocycles. The van der Waals surface area contributed by atoms with E-state index in [1.165, 1.54) is 11.1 Å². The van der Waals surface area contributed by atoms with Gasteiger partial charge in [-0.1, -0.05) is 44.2 Å². The van der Waals surface area contributed by atoms with Crippen molar-refractivity contribution in [2.45, 2.75) is 40.7 Å². The lowest BCUT2D eigenvalue weighted by molar-refractivity contribution is 0.231. The predicted molar refractivity (Wildman–Crippen MR) is 101 cm³/mol. The third-order valence-electron chi connectivity index (χ3n) is 3.77. The second-order valence-corrected chi connectivity index (χ2v) is 6.73. The van der Waals surface area contributed by atoms with Crippen LogP contribution in [0, 0.1) is 19.8 Å².